The van der Waals surface area contributed by atoms with E-state index < -0.39 is 12.6 Å². The van der Waals surface area contributed by atoms with Gasteiger partial charge in [-0.1, -0.05) is 67.2 Å². The number of thiophene rings is 1. The van der Waals surface area contributed by atoms with Gasteiger partial charge in [0.05, 0.1) is 16.4 Å². The number of hydrogen-bond acceptors (Lipinski definition) is 5. The third-order valence-electron chi connectivity index (χ3n) is 3.30. The van der Waals surface area contributed by atoms with E-state index in [0.717, 1.165) is 22.5 Å². The van der Waals surface area contributed by atoms with Gasteiger partial charge in [-0.3, -0.25) is 14.7 Å². The molecule has 0 radical (unpaired) electrons. The number of benzene rings is 1. The van der Waals surface area contributed by atoms with Gasteiger partial charge in [0.2, 0.25) is 0 Å². The Morgan fingerprint density at radius 3 is 2.25 bits per heavy atom. The molecule has 1 aromatic heterocycles. The van der Waals surface area contributed by atoms with Crippen molar-refractivity contribution in [1.29, 1.82) is 0 Å². The number of halogens is 2. The minimum Gasteiger partial charge on any atom is -0.301 e. The molecule has 7 nitrogen and oxygen atoms in total. The largest absolute Gasteiger partial charge is 0.341 e. The number of nitrogens with zero attached hydrogens (tertiary/aromatic N) is 1. The molecular weight excluding hydrogens is 533 g/mol. The highest BCUT2D eigenvalue weighted by molar-refractivity contribution is 9.09. The van der Waals surface area contributed by atoms with Crippen molar-refractivity contribution in [3.63, 3.8) is 0 Å². The SMILES string of the molecule is O=[N+]([O-])c1ccc(C#Cc2ccc(COP(=O)(NCCBr)NCCBr)cc2)s1. The van der Waals surface area contributed by atoms with Crippen LogP contribution in [0.3, 0.4) is 0 Å². The molecule has 2 aromatic rings. The Morgan fingerprint density at radius 2 is 1.71 bits per heavy atom. The lowest BCUT2D eigenvalue weighted by Crippen LogP contribution is -2.26. The zero-order valence-electron chi connectivity index (χ0n) is 14.7. The van der Waals surface area contributed by atoms with Gasteiger partial charge in [0.15, 0.2) is 0 Å². The van der Waals surface area contributed by atoms with Crippen molar-refractivity contribution in [2.75, 3.05) is 23.7 Å². The first-order valence-corrected chi connectivity index (χ1v) is 12.9. The zero-order chi connectivity index (χ0) is 20.4. The fourth-order valence-corrected chi connectivity index (χ4v) is 5.12. The monoisotopic (exact) mass is 549 g/mol. The van der Waals surface area contributed by atoms with Gasteiger partial charge in [-0.25, -0.2) is 10.2 Å². The lowest BCUT2D eigenvalue weighted by Gasteiger charge is -2.19. The number of nitro groups is 1. The molecule has 0 bridgehead atoms. The van der Waals surface area contributed by atoms with E-state index in [1.54, 1.807) is 6.07 Å². The zero-order valence-corrected chi connectivity index (χ0v) is 19.6. The van der Waals surface area contributed by atoms with Crippen LogP contribution < -0.4 is 10.2 Å². The molecule has 1 heterocycles. The second-order valence-corrected chi connectivity index (χ2v) is 10.0. The van der Waals surface area contributed by atoms with E-state index in [9.17, 15) is 14.7 Å². The molecule has 0 fully saturated rings. The minimum absolute atomic E-state index is 0.0725. The Balaban J connectivity index is 1.97. The molecule has 0 aliphatic heterocycles. The quantitative estimate of drug-likeness (QED) is 0.147. The highest BCUT2D eigenvalue weighted by Gasteiger charge is 2.21. The van der Waals surface area contributed by atoms with Crippen LogP contribution >= 0.6 is 50.9 Å². The lowest BCUT2D eigenvalue weighted by molar-refractivity contribution is -0.380. The van der Waals surface area contributed by atoms with Crippen molar-refractivity contribution in [2.45, 2.75) is 6.61 Å². The summed E-state index contributed by atoms with van der Waals surface area (Å²) in [6, 6.07) is 10.4. The van der Waals surface area contributed by atoms with Crippen molar-refractivity contribution in [1.82, 2.24) is 10.2 Å². The molecule has 1 aromatic carbocycles. The van der Waals surface area contributed by atoms with Gasteiger partial charge in [0, 0.05) is 35.4 Å². The number of nitrogens with one attached hydrogen (secondary N) is 2. The van der Waals surface area contributed by atoms with Gasteiger partial charge in [-0.05, 0) is 23.8 Å². The van der Waals surface area contributed by atoms with Crippen LogP contribution in [0.4, 0.5) is 5.00 Å². The fourth-order valence-electron chi connectivity index (χ4n) is 2.00. The first-order chi connectivity index (χ1) is 13.5. The van der Waals surface area contributed by atoms with Crippen LogP contribution in [0.15, 0.2) is 36.4 Å². The second kappa shape index (κ2) is 11.8. The third-order valence-corrected chi connectivity index (χ3v) is 6.82. The molecule has 150 valence electrons. The van der Waals surface area contributed by atoms with Crippen LogP contribution in [0.2, 0.25) is 0 Å². The van der Waals surface area contributed by atoms with E-state index in [-0.39, 0.29) is 11.6 Å². The molecule has 2 N–H and O–H groups in total. The van der Waals surface area contributed by atoms with Crippen molar-refractivity contribution < 1.29 is 14.0 Å². The summed E-state index contributed by atoms with van der Waals surface area (Å²) in [5.74, 6) is 5.89. The van der Waals surface area contributed by atoms with Crippen LogP contribution in [0, 0.1) is 22.0 Å². The Bertz CT molecular complexity index is 884. The predicted molar refractivity (Wildman–Crippen MR) is 119 cm³/mol. The van der Waals surface area contributed by atoms with E-state index in [1.807, 2.05) is 24.3 Å². The average molecular weight is 551 g/mol. The molecular formula is C17H18Br2N3O4PS. The highest BCUT2D eigenvalue weighted by atomic mass is 79.9. The van der Waals surface area contributed by atoms with Crippen molar-refractivity contribution in [3.05, 3.63) is 62.5 Å². The second-order valence-electron chi connectivity index (χ2n) is 5.36. The smallest absolute Gasteiger partial charge is 0.301 e. The summed E-state index contributed by atoms with van der Waals surface area (Å²) in [6.45, 7) is 1.22. The summed E-state index contributed by atoms with van der Waals surface area (Å²) in [5.41, 5.74) is 1.64. The Labute approximate surface area is 184 Å². The maximum atomic E-state index is 12.7. The average Bonchev–Trinajstić information content (AvgIpc) is 3.18. The van der Waals surface area contributed by atoms with E-state index in [1.165, 1.54) is 6.07 Å². The maximum absolute atomic E-state index is 12.7. The Morgan fingerprint density at radius 1 is 1.07 bits per heavy atom. The summed E-state index contributed by atoms with van der Waals surface area (Å²) < 4.78 is 18.3. The van der Waals surface area contributed by atoms with Gasteiger partial charge < -0.3 is 4.52 Å². The molecule has 0 spiro atoms. The van der Waals surface area contributed by atoms with Crippen molar-refractivity contribution in [2.24, 2.45) is 0 Å². The molecule has 0 aliphatic carbocycles. The summed E-state index contributed by atoms with van der Waals surface area (Å²) in [7, 11) is -3.13. The molecule has 11 heteroatoms. The first kappa shape index (κ1) is 23.2. The molecule has 0 amide bonds. The van der Waals surface area contributed by atoms with Gasteiger partial charge >= 0.3 is 12.7 Å². The number of alkyl halides is 2. The maximum Gasteiger partial charge on any atom is 0.341 e. The first-order valence-electron chi connectivity index (χ1n) is 8.18. The predicted octanol–water partition coefficient (Wildman–Crippen LogP) is 4.65. The molecule has 0 saturated carbocycles. The molecule has 0 saturated heterocycles. The van der Waals surface area contributed by atoms with Crippen LogP contribution in [0.1, 0.15) is 16.0 Å². The standard InChI is InChI=1S/C17H18Br2N3O4PS/c18-9-11-20-27(25,21-12-10-19)26-13-15-3-1-14(2-4-15)5-6-16-7-8-17(28-16)22(23)24/h1-4,7-8H,9-13H2,(H2,20,21,25). The summed E-state index contributed by atoms with van der Waals surface area (Å²) in [4.78, 5) is 10.9. The lowest BCUT2D eigenvalue weighted by atomic mass is 10.1. The Kier molecular flexibility index (Phi) is 9.82. The van der Waals surface area contributed by atoms with Crippen LogP contribution in [0.5, 0.6) is 0 Å². The van der Waals surface area contributed by atoms with Gasteiger partial charge in [0.25, 0.3) is 0 Å². The molecule has 0 unspecified atom stereocenters. The van der Waals surface area contributed by atoms with Gasteiger partial charge in [-0.15, -0.1) is 0 Å². The number of rotatable bonds is 10. The molecule has 28 heavy (non-hydrogen) atoms. The summed E-state index contributed by atoms with van der Waals surface area (Å²) in [6.07, 6.45) is 0. The van der Waals surface area contributed by atoms with Crippen molar-refractivity contribution in [3.8, 4) is 11.8 Å². The van der Waals surface area contributed by atoms with Gasteiger partial charge in [0.1, 0.15) is 0 Å². The third kappa shape index (κ3) is 7.76. The van der Waals surface area contributed by atoms with Crippen LogP contribution in [0.25, 0.3) is 0 Å². The van der Waals surface area contributed by atoms with Gasteiger partial charge in [-0.2, -0.15) is 0 Å². The highest BCUT2D eigenvalue weighted by Crippen LogP contribution is 2.38. The Hall–Kier alpha value is -1.05. The van der Waals surface area contributed by atoms with E-state index in [2.05, 4.69) is 53.9 Å². The van der Waals surface area contributed by atoms with E-state index in [0.29, 0.717) is 28.6 Å². The summed E-state index contributed by atoms with van der Waals surface area (Å²) >= 11 is 7.63. The van der Waals surface area contributed by atoms with Crippen LogP contribution in [-0.2, 0) is 15.7 Å². The minimum atomic E-state index is -3.13. The van der Waals surface area contributed by atoms with E-state index >= 15 is 0 Å². The van der Waals surface area contributed by atoms with Crippen molar-refractivity contribution >= 4 is 55.9 Å². The molecule has 2 rings (SSSR count). The normalized spacial score (nSPS) is 11.1. The number of hydrogen-bond donors (Lipinski definition) is 2. The van der Waals surface area contributed by atoms with E-state index in [4.69, 9.17) is 4.52 Å². The van der Waals surface area contributed by atoms with Crippen LogP contribution in [-0.4, -0.2) is 28.7 Å². The molecule has 0 atom stereocenters. The topological polar surface area (TPSA) is 93.5 Å². The molecule has 0 aliphatic rings. The fraction of sp³-hybridized carbons (Fsp3) is 0.294. The summed E-state index contributed by atoms with van der Waals surface area (Å²) in [5, 5.41) is 17.9.